The molecular formula is C17H30N2O. The second-order valence-corrected chi connectivity index (χ2v) is 5.39. The van der Waals surface area contributed by atoms with Gasteiger partial charge in [0.1, 0.15) is 0 Å². The zero-order valence-electron chi connectivity index (χ0n) is 13.0. The van der Waals surface area contributed by atoms with Crippen LogP contribution < -0.4 is 11.1 Å². The van der Waals surface area contributed by atoms with Crippen molar-refractivity contribution in [2.75, 3.05) is 30.8 Å². The lowest BCUT2D eigenvalue weighted by atomic mass is 10.0. The van der Waals surface area contributed by atoms with Gasteiger partial charge in [-0.15, -0.1) is 0 Å². The minimum absolute atomic E-state index is 0.736. The van der Waals surface area contributed by atoms with Crippen LogP contribution in [0.15, 0.2) is 24.3 Å². The Morgan fingerprint density at radius 1 is 1.15 bits per heavy atom. The predicted molar refractivity (Wildman–Crippen MR) is 88.1 cm³/mol. The van der Waals surface area contributed by atoms with Gasteiger partial charge in [-0.05, 0) is 43.0 Å². The van der Waals surface area contributed by atoms with Crippen molar-refractivity contribution in [3.05, 3.63) is 24.3 Å². The van der Waals surface area contributed by atoms with Gasteiger partial charge in [-0.1, -0.05) is 33.1 Å². The van der Waals surface area contributed by atoms with Crippen molar-refractivity contribution in [3.8, 4) is 0 Å². The Balaban J connectivity index is 2.02. The molecule has 0 heterocycles. The maximum absolute atomic E-state index is 5.78. The van der Waals surface area contributed by atoms with E-state index in [1.165, 1.54) is 25.7 Å². The SMILES string of the molecule is CCCCC(CC)COCCCNc1ccc(N)cc1. The van der Waals surface area contributed by atoms with E-state index < -0.39 is 0 Å². The Labute approximate surface area is 123 Å². The van der Waals surface area contributed by atoms with Gasteiger partial charge < -0.3 is 15.8 Å². The number of nitrogens with one attached hydrogen (secondary N) is 1. The lowest BCUT2D eigenvalue weighted by Gasteiger charge is -2.14. The van der Waals surface area contributed by atoms with Crippen molar-refractivity contribution >= 4 is 11.4 Å². The molecule has 3 nitrogen and oxygen atoms in total. The molecule has 1 atom stereocenters. The van der Waals surface area contributed by atoms with Crippen molar-refractivity contribution in [1.29, 1.82) is 0 Å². The third-order valence-corrected chi connectivity index (χ3v) is 3.60. The van der Waals surface area contributed by atoms with E-state index in [0.29, 0.717) is 0 Å². The summed E-state index contributed by atoms with van der Waals surface area (Å²) >= 11 is 0. The highest BCUT2D eigenvalue weighted by Crippen LogP contribution is 2.13. The number of anilines is 2. The number of hydrogen-bond donors (Lipinski definition) is 2. The second-order valence-electron chi connectivity index (χ2n) is 5.39. The van der Waals surface area contributed by atoms with Gasteiger partial charge in [0.25, 0.3) is 0 Å². The molecule has 0 aromatic heterocycles. The predicted octanol–water partition coefficient (Wildman–Crippen LogP) is 4.30. The summed E-state index contributed by atoms with van der Waals surface area (Å²) in [5.41, 5.74) is 7.57. The van der Waals surface area contributed by atoms with Gasteiger partial charge in [0.05, 0.1) is 0 Å². The Morgan fingerprint density at radius 2 is 1.90 bits per heavy atom. The molecule has 1 rings (SSSR count). The summed E-state index contributed by atoms with van der Waals surface area (Å²) < 4.78 is 5.78. The molecular weight excluding hydrogens is 248 g/mol. The largest absolute Gasteiger partial charge is 0.399 e. The molecule has 0 saturated carbocycles. The van der Waals surface area contributed by atoms with Gasteiger partial charge in [-0.25, -0.2) is 0 Å². The lowest BCUT2D eigenvalue weighted by molar-refractivity contribution is 0.0937. The Bertz CT molecular complexity index is 337. The van der Waals surface area contributed by atoms with E-state index in [2.05, 4.69) is 19.2 Å². The van der Waals surface area contributed by atoms with E-state index in [1.54, 1.807) is 0 Å². The third kappa shape index (κ3) is 7.39. The van der Waals surface area contributed by atoms with E-state index in [0.717, 1.165) is 43.5 Å². The summed E-state index contributed by atoms with van der Waals surface area (Å²) in [4.78, 5) is 0. The van der Waals surface area contributed by atoms with Gasteiger partial charge in [0, 0.05) is 31.1 Å². The summed E-state index contributed by atoms with van der Waals surface area (Å²) in [5.74, 6) is 0.736. The summed E-state index contributed by atoms with van der Waals surface area (Å²) in [6.07, 6.45) is 6.16. The number of rotatable bonds is 11. The average molecular weight is 278 g/mol. The summed E-state index contributed by atoms with van der Waals surface area (Å²) in [6, 6.07) is 7.85. The first-order chi connectivity index (χ1) is 9.76. The van der Waals surface area contributed by atoms with Crippen LogP contribution in [0.25, 0.3) is 0 Å². The molecule has 1 unspecified atom stereocenters. The maximum Gasteiger partial charge on any atom is 0.0494 e. The van der Waals surface area contributed by atoms with Crippen LogP contribution in [0.5, 0.6) is 0 Å². The van der Waals surface area contributed by atoms with E-state index in [-0.39, 0.29) is 0 Å². The number of ether oxygens (including phenoxy) is 1. The molecule has 1 aromatic rings. The van der Waals surface area contributed by atoms with Crippen molar-refractivity contribution in [2.24, 2.45) is 5.92 Å². The molecule has 20 heavy (non-hydrogen) atoms. The van der Waals surface area contributed by atoms with E-state index >= 15 is 0 Å². The molecule has 0 aliphatic heterocycles. The summed E-state index contributed by atoms with van der Waals surface area (Å²) in [5, 5.41) is 3.37. The molecule has 0 spiro atoms. The highest BCUT2D eigenvalue weighted by Gasteiger charge is 2.05. The molecule has 0 amide bonds. The molecule has 0 bridgehead atoms. The van der Waals surface area contributed by atoms with Gasteiger partial charge in [-0.2, -0.15) is 0 Å². The third-order valence-electron chi connectivity index (χ3n) is 3.60. The molecule has 3 heteroatoms. The second kappa shape index (κ2) is 10.6. The normalized spacial score (nSPS) is 12.3. The molecule has 3 N–H and O–H groups in total. The van der Waals surface area contributed by atoms with Crippen LogP contribution in [0, 0.1) is 5.92 Å². The highest BCUT2D eigenvalue weighted by molar-refractivity contribution is 5.51. The molecule has 0 fully saturated rings. The topological polar surface area (TPSA) is 47.3 Å². The molecule has 1 aromatic carbocycles. The fourth-order valence-corrected chi connectivity index (χ4v) is 2.16. The highest BCUT2D eigenvalue weighted by atomic mass is 16.5. The quantitative estimate of drug-likeness (QED) is 0.468. The van der Waals surface area contributed by atoms with E-state index in [4.69, 9.17) is 10.5 Å². The minimum atomic E-state index is 0.736. The number of benzene rings is 1. The van der Waals surface area contributed by atoms with Crippen LogP contribution in [0.2, 0.25) is 0 Å². The van der Waals surface area contributed by atoms with Crippen molar-refractivity contribution in [3.63, 3.8) is 0 Å². The lowest BCUT2D eigenvalue weighted by Crippen LogP contribution is -2.12. The van der Waals surface area contributed by atoms with Crippen LogP contribution in [0.4, 0.5) is 11.4 Å². The van der Waals surface area contributed by atoms with Crippen molar-refractivity contribution in [1.82, 2.24) is 0 Å². The first kappa shape index (κ1) is 16.8. The van der Waals surface area contributed by atoms with E-state index in [9.17, 15) is 0 Å². The molecule has 0 aliphatic carbocycles. The smallest absolute Gasteiger partial charge is 0.0494 e. The fourth-order valence-electron chi connectivity index (χ4n) is 2.16. The van der Waals surface area contributed by atoms with Crippen LogP contribution in [0.3, 0.4) is 0 Å². The van der Waals surface area contributed by atoms with Gasteiger partial charge in [0.2, 0.25) is 0 Å². The molecule has 0 radical (unpaired) electrons. The molecule has 114 valence electrons. The van der Waals surface area contributed by atoms with Crippen molar-refractivity contribution in [2.45, 2.75) is 46.0 Å². The monoisotopic (exact) mass is 278 g/mol. The zero-order chi connectivity index (χ0) is 14.6. The Morgan fingerprint density at radius 3 is 2.55 bits per heavy atom. The summed E-state index contributed by atoms with van der Waals surface area (Å²) in [7, 11) is 0. The van der Waals surface area contributed by atoms with E-state index in [1.807, 2.05) is 24.3 Å². The fraction of sp³-hybridized carbons (Fsp3) is 0.647. The number of unbranched alkanes of at least 4 members (excludes halogenated alkanes) is 1. The first-order valence-corrected chi connectivity index (χ1v) is 7.93. The van der Waals surface area contributed by atoms with Crippen LogP contribution in [0.1, 0.15) is 46.0 Å². The number of hydrogen-bond acceptors (Lipinski definition) is 3. The van der Waals surface area contributed by atoms with Gasteiger partial charge >= 0.3 is 0 Å². The Hall–Kier alpha value is -1.22. The number of nitrogen functional groups attached to an aromatic ring is 1. The van der Waals surface area contributed by atoms with Gasteiger partial charge in [0.15, 0.2) is 0 Å². The molecule has 0 saturated heterocycles. The van der Waals surface area contributed by atoms with Crippen LogP contribution >= 0.6 is 0 Å². The van der Waals surface area contributed by atoms with Gasteiger partial charge in [-0.3, -0.25) is 0 Å². The number of nitrogens with two attached hydrogens (primary N) is 1. The molecule has 0 aliphatic rings. The van der Waals surface area contributed by atoms with Crippen LogP contribution in [-0.4, -0.2) is 19.8 Å². The minimum Gasteiger partial charge on any atom is -0.399 e. The Kier molecular flexibility index (Phi) is 8.88. The average Bonchev–Trinajstić information content (AvgIpc) is 2.47. The van der Waals surface area contributed by atoms with Crippen molar-refractivity contribution < 1.29 is 4.74 Å². The maximum atomic E-state index is 5.78. The standard InChI is InChI=1S/C17H30N2O/c1-3-5-7-15(4-2)14-20-13-6-12-19-17-10-8-16(18)9-11-17/h8-11,15,19H,3-7,12-14,18H2,1-2H3. The first-order valence-electron chi connectivity index (χ1n) is 7.93. The summed E-state index contributed by atoms with van der Waals surface area (Å²) in [6.45, 7) is 7.20. The zero-order valence-corrected chi connectivity index (χ0v) is 13.0. The van der Waals surface area contributed by atoms with Crippen LogP contribution in [-0.2, 0) is 4.74 Å².